The van der Waals surface area contributed by atoms with Gasteiger partial charge in [0.1, 0.15) is 6.10 Å². The van der Waals surface area contributed by atoms with E-state index in [0.29, 0.717) is 18.0 Å². The molecule has 6 nitrogen and oxygen atoms in total. The SMILES string of the molecule is C[C@@H]1Oc2ccccc2O[C@H]1C(=O)N1CCC[C@H](n2cccn2)C1. The Bertz CT molecular complexity index is 716. The predicted molar refractivity (Wildman–Crippen MR) is 88.0 cm³/mol. The molecule has 1 fully saturated rings. The molecule has 126 valence electrons. The van der Waals surface area contributed by atoms with Crippen LogP contribution in [0.3, 0.4) is 0 Å². The molecule has 1 amide bonds. The van der Waals surface area contributed by atoms with Crippen molar-refractivity contribution in [3.63, 3.8) is 0 Å². The van der Waals surface area contributed by atoms with E-state index in [-0.39, 0.29) is 18.1 Å². The maximum absolute atomic E-state index is 13.0. The number of carbonyl (C=O) groups excluding carboxylic acids is 1. The molecule has 3 heterocycles. The number of fused-ring (bicyclic) bond motifs is 1. The van der Waals surface area contributed by atoms with Gasteiger partial charge < -0.3 is 14.4 Å². The molecule has 0 N–H and O–H groups in total. The lowest BCUT2D eigenvalue weighted by atomic mass is 10.0. The van der Waals surface area contributed by atoms with Crippen LogP contribution in [0.25, 0.3) is 0 Å². The Balaban J connectivity index is 1.49. The van der Waals surface area contributed by atoms with E-state index in [0.717, 1.165) is 19.4 Å². The summed E-state index contributed by atoms with van der Waals surface area (Å²) in [6.45, 7) is 3.30. The second-order valence-corrected chi connectivity index (χ2v) is 6.37. The number of nitrogens with zero attached hydrogens (tertiary/aromatic N) is 3. The van der Waals surface area contributed by atoms with Gasteiger partial charge in [0.2, 0.25) is 6.10 Å². The van der Waals surface area contributed by atoms with Crippen LogP contribution in [-0.4, -0.2) is 45.9 Å². The number of hydrogen-bond acceptors (Lipinski definition) is 4. The Labute approximate surface area is 141 Å². The van der Waals surface area contributed by atoms with Crippen LogP contribution in [-0.2, 0) is 4.79 Å². The summed E-state index contributed by atoms with van der Waals surface area (Å²) in [6, 6.07) is 9.62. The van der Waals surface area contributed by atoms with Crippen LogP contribution in [0.4, 0.5) is 0 Å². The molecule has 6 heteroatoms. The number of hydrogen-bond donors (Lipinski definition) is 0. The second kappa shape index (κ2) is 6.19. The summed E-state index contributed by atoms with van der Waals surface area (Å²) in [5.74, 6) is 1.32. The van der Waals surface area contributed by atoms with Crippen molar-refractivity contribution < 1.29 is 14.3 Å². The predicted octanol–water partition coefficient (Wildman–Crippen LogP) is 2.28. The topological polar surface area (TPSA) is 56.6 Å². The van der Waals surface area contributed by atoms with Crippen LogP contribution in [0.5, 0.6) is 11.5 Å². The molecule has 4 rings (SSSR count). The molecule has 2 aliphatic heterocycles. The fraction of sp³-hybridized carbons (Fsp3) is 0.444. The Morgan fingerprint density at radius 1 is 1.21 bits per heavy atom. The Morgan fingerprint density at radius 2 is 2.00 bits per heavy atom. The number of aromatic nitrogens is 2. The van der Waals surface area contributed by atoms with Crippen molar-refractivity contribution in [2.24, 2.45) is 0 Å². The number of rotatable bonds is 2. The maximum atomic E-state index is 13.0. The highest BCUT2D eigenvalue weighted by Crippen LogP contribution is 2.34. The van der Waals surface area contributed by atoms with Gasteiger partial charge >= 0.3 is 0 Å². The van der Waals surface area contributed by atoms with Crippen LogP contribution in [0.15, 0.2) is 42.7 Å². The van der Waals surface area contributed by atoms with E-state index in [4.69, 9.17) is 9.47 Å². The average Bonchev–Trinajstić information content (AvgIpc) is 3.15. The molecule has 1 saturated heterocycles. The Hall–Kier alpha value is -2.50. The summed E-state index contributed by atoms with van der Waals surface area (Å²) < 4.78 is 13.8. The van der Waals surface area contributed by atoms with Gasteiger partial charge in [0.05, 0.1) is 6.04 Å². The van der Waals surface area contributed by atoms with Crippen molar-refractivity contribution >= 4 is 5.91 Å². The summed E-state index contributed by atoms with van der Waals surface area (Å²) in [5, 5.41) is 4.31. The van der Waals surface area contributed by atoms with E-state index >= 15 is 0 Å². The maximum Gasteiger partial charge on any atom is 0.267 e. The quantitative estimate of drug-likeness (QED) is 0.849. The highest BCUT2D eigenvalue weighted by atomic mass is 16.6. The third-order valence-corrected chi connectivity index (χ3v) is 4.69. The molecule has 24 heavy (non-hydrogen) atoms. The van der Waals surface area contributed by atoms with Gasteiger partial charge in [-0.05, 0) is 38.0 Å². The van der Waals surface area contributed by atoms with E-state index in [1.165, 1.54) is 0 Å². The Morgan fingerprint density at radius 3 is 2.75 bits per heavy atom. The molecule has 0 saturated carbocycles. The van der Waals surface area contributed by atoms with E-state index < -0.39 is 6.10 Å². The van der Waals surface area contributed by atoms with Gasteiger partial charge in [0, 0.05) is 25.5 Å². The summed E-state index contributed by atoms with van der Waals surface area (Å²) in [7, 11) is 0. The molecule has 0 radical (unpaired) electrons. The number of benzene rings is 1. The molecular formula is C18H21N3O3. The zero-order chi connectivity index (χ0) is 16.5. The lowest BCUT2D eigenvalue weighted by Gasteiger charge is -2.38. The standard InChI is InChI=1S/C18H21N3O3/c1-13-17(24-16-8-3-2-7-15(16)23-13)18(22)20-10-4-6-14(12-20)21-11-5-9-19-21/h2-3,5,7-9,11,13-14,17H,4,6,10,12H2,1H3/t13-,14-,17+/m0/s1. The zero-order valence-corrected chi connectivity index (χ0v) is 13.7. The van der Waals surface area contributed by atoms with Crippen molar-refractivity contribution in [3.8, 4) is 11.5 Å². The molecule has 2 aromatic rings. The van der Waals surface area contributed by atoms with Gasteiger partial charge in [-0.1, -0.05) is 12.1 Å². The Kier molecular flexibility index (Phi) is 3.88. The van der Waals surface area contributed by atoms with Gasteiger partial charge in [0.15, 0.2) is 11.5 Å². The van der Waals surface area contributed by atoms with Gasteiger partial charge in [-0.2, -0.15) is 5.10 Å². The fourth-order valence-corrected chi connectivity index (χ4v) is 3.44. The average molecular weight is 327 g/mol. The van der Waals surface area contributed by atoms with Crippen LogP contribution in [0.1, 0.15) is 25.8 Å². The van der Waals surface area contributed by atoms with Crippen molar-refractivity contribution in [2.45, 2.75) is 38.0 Å². The van der Waals surface area contributed by atoms with E-state index in [1.54, 1.807) is 6.20 Å². The number of ether oxygens (including phenoxy) is 2. The van der Waals surface area contributed by atoms with Crippen molar-refractivity contribution in [3.05, 3.63) is 42.7 Å². The first-order valence-electron chi connectivity index (χ1n) is 8.42. The van der Waals surface area contributed by atoms with Crippen molar-refractivity contribution in [1.82, 2.24) is 14.7 Å². The van der Waals surface area contributed by atoms with Crippen LogP contribution < -0.4 is 9.47 Å². The first-order chi connectivity index (χ1) is 11.7. The third kappa shape index (κ3) is 2.72. The lowest BCUT2D eigenvalue weighted by Crippen LogP contribution is -2.53. The summed E-state index contributed by atoms with van der Waals surface area (Å²) in [6.07, 6.45) is 4.82. The van der Waals surface area contributed by atoms with Crippen LogP contribution in [0, 0.1) is 0 Å². The minimum absolute atomic E-state index is 0.00569. The minimum atomic E-state index is -0.601. The lowest BCUT2D eigenvalue weighted by molar-refractivity contribution is -0.146. The van der Waals surface area contributed by atoms with E-state index in [1.807, 2.05) is 53.0 Å². The molecule has 1 aromatic heterocycles. The smallest absolute Gasteiger partial charge is 0.267 e. The summed E-state index contributed by atoms with van der Waals surface area (Å²) in [5.41, 5.74) is 0. The van der Waals surface area contributed by atoms with Crippen molar-refractivity contribution in [2.75, 3.05) is 13.1 Å². The van der Waals surface area contributed by atoms with E-state index in [9.17, 15) is 4.79 Å². The first kappa shape index (κ1) is 15.1. The van der Waals surface area contributed by atoms with Gasteiger partial charge in [-0.25, -0.2) is 0 Å². The number of carbonyl (C=O) groups is 1. The largest absolute Gasteiger partial charge is 0.482 e. The highest BCUT2D eigenvalue weighted by molar-refractivity contribution is 5.82. The third-order valence-electron chi connectivity index (χ3n) is 4.69. The molecule has 1 aromatic carbocycles. The van der Waals surface area contributed by atoms with Crippen molar-refractivity contribution in [1.29, 1.82) is 0 Å². The molecule has 2 aliphatic rings. The number of likely N-dealkylation sites (tertiary alicyclic amines) is 1. The molecular weight excluding hydrogens is 306 g/mol. The number of para-hydroxylation sites is 2. The molecule has 0 bridgehead atoms. The summed E-state index contributed by atoms with van der Waals surface area (Å²) >= 11 is 0. The summed E-state index contributed by atoms with van der Waals surface area (Å²) in [4.78, 5) is 14.9. The van der Waals surface area contributed by atoms with Gasteiger partial charge in [0.25, 0.3) is 5.91 Å². The molecule has 0 aliphatic carbocycles. The van der Waals surface area contributed by atoms with Gasteiger partial charge in [-0.3, -0.25) is 9.48 Å². The van der Waals surface area contributed by atoms with Gasteiger partial charge in [-0.15, -0.1) is 0 Å². The van der Waals surface area contributed by atoms with E-state index in [2.05, 4.69) is 5.10 Å². The van der Waals surface area contributed by atoms with Crippen LogP contribution >= 0.6 is 0 Å². The molecule has 3 atom stereocenters. The normalized spacial score (nSPS) is 26.2. The minimum Gasteiger partial charge on any atom is -0.482 e. The first-order valence-corrected chi connectivity index (χ1v) is 8.42. The zero-order valence-electron chi connectivity index (χ0n) is 13.7. The molecule has 0 spiro atoms. The number of piperidine rings is 1. The number of amides is 1. The van der Waals surface area contributed by atoms with Crippen LogP contribution in [0.2, 0.25) is 0 Å². The fourth-order valence-electron chi connectivity index (χ4n) is 3.44. The second-order valence-electron chi connectivity index (χ2n) is 6.37. The highest BCUT2D eigenvalue weighted by Gasteiger charge is 2.38. The molecule has 0 unspecified atom stereocenters. The monoisotopic (exact) mass is 327 g/mol.